The molecule has 5 nitrogen and oxygen atoms in total. The predicted molar refractivity (Wildman–Crippen MR) is 75.6 cm³/mol. The summed E-state index contributed by atoms with van der Waals surface area (Å²) in [6.45, 7) is 3.68. The van der Waals surface area contributed by atoms with Gasteiger partial charge >= 0.3 is 6.03 Å². The summed E-state index contributed by atoms with van der Waals surface area (Å²) in [5.41, 5.74) is 2.12. The van der Waals surface area contributed by atoms with Crippen molar-refractivity contribution in [1.82, 2.24) is 9.97 Å². The molecule has 0 atom stereocenters. The van der Waals surface area contributed by atoms with Gasteiger partial charge in [0.25, 0.3) is 0 Å². The average Bonchev–Trinajstić information content (AvgIpc) is 2.30. The van der Waals surface area contributed by atoms with Gasteiger partial charge in [-0.05, 0) is 32.0 Å². The van der Waals surface area contributed by atoms with Gasteiger partial charge in [-0.2, -0.15) is 0 Å². The van der Waals surface area contributed by atoms with Gasteiger partial charge in [-0.1, -0.05) is 23.7 Å². The zero-order valence-corrected chi connectivity index (χ0v) is 11.3. The zero-order valence-electron chi connectivity index (χ0n) is 10.6. The number of aromatic nitrogens is 2. The van der Waals surface area contributed by atoms with E-state index >= 15 is 0 Å². The first kappa shape index (κ1) is 13.3. The standard InChI is InChI=1S/C13H13ClN4O/c1-8-7-9(2)16-12(15-8)18-13(19)17-11-6-4-3-5-10(11)14/h3-7H,1-2H3,(H2,15,16,17,18,19). The van der Waals surface area contributed by atoms with Crippen LogP contribution in [0.2, 0.25) is 5.02 Å². The van der Waals surface area contributed by atoms with E-state index in [2.05, 4.69) is 20.6 Å². The molecule has 1 heterocycles. The SMILES string of the molecule is Cc1cc(C)nc(NC(=O)Nc2ccccc2Cl)n1. The topological polar surface area (TPSA) is 66.9 Å². The Hall–Kier alpha value is -2.14. The molecule has 6 heteroatoms. The van der Waals surface area contributed by atoms with Gasteiger partial charge < -0.3 is 5.32 Å². The number of hydrogen-bond acceptors (Lipinski definition) is 3. The first-order chi connectivity index (χ1) is 9.04. The van der Waals surface area contributed by atoms with Gasteiger partial charge in [-0.15, -0.1) is 0 Å². The molecule has 0 aliphatic heterocycles. The molecule has 2 rings (SSSR count). The number of nitrogens with zero attached hydrogens (tertiary/aromatic N) is 2. The second kappa shape index (κ2) is 5.67. The molecule has 2 N–H and O–H groups in total. The van der Waals surface area contributed by atoms with E-state index in [1.807, 2.05) is 19.9 Å². The highest BCUT2D eigenvalue weighted by Crippen LogP contribution is 2.20. The van der Waals surface area contributed by atoms with Crippen molar-refractivity contribution in [2.45, 2.75) is 13.8 Å². The van der Waals surface area contributed by atoms with Gasteiger partial charge in [0.1, 0.15) is 0 Å². The fourth-order valence-electron chi connectivity index (χ4n) is 1.60. The van der Waals surface area contributed by atoms with E-state index in [0.717, 1.165) is 11.4 Å². The molecule has 98 valence electrons. The third kappa shape index (κ3) is 3.66. The number of nitrogens with one attached hydrogen (secondary N) is 2. The van der Waals surface area contributed by atoms with Crippen LogP contribution < -0.4 is 10.6 Å². The van der Waals surface area contributed by atoms with Crippen molar-refractivity contribution in [3.63, 3.8) is 0 Å². The Morgan fingerprint density at radius 3 is 2.37 bits per heavy atom. The van der Waals surface area contributed by atoms with Gasteiger partial charge in [-0.25, -0.2) is 14.8 Å². The number of carbonyl (C=O) groups excluding carboxylic acids is 1. The van der Waals surface area contributed by atoms with Crippen molar-refractivity contribution < 1.29 is 4.79 Å². The van der Waals surface area contributed by atoms with Crippen molar-refractivity contribution in [1.29, 1.82) is 0 Å². The molecule has 2 aromatic rings. The lowest BCUT2D eigenvalue weighted by Gasteiger charge is -2.08. The van der Waals surface area contributed by atoms with E-state index in [-0.39, 0.29) is 5.95 Å². The van der Waals surface area contributed by atoms with E-state index < -0.39 is 6.03 Å². The smallest absolute Gasteiger partial charge is 0.306 e. The molecule has 0 aliphatic carbocycles. The van der Waals surface area contributed by atoms with Gasteiger partial charge in [0, 0.05) is 11.4 Å². The minimum atomic E-state index is -0.432. The van der Waals surface area contributed by atoms with Crippen LogP contribution >= 0.6 is 11.6 Å². The number of carbonyl (C=O) groups is 1. The fraction of sp³-hybridized carbons (Fsp3) is 0.154. The maximum atomic E-state index is 11.8. The van der Waals surface area contributed by atoms with E-state index in [0.29, 0.717) is 10.7 Å². The van der Waals surface area contributed by atoms with Crippen molar-refractivity contribution in [2.24, 2.45) is 0 Å². The maximum absolute atomic E-state index is 11.8. The van der Waals surface area contributed by atoms with Crippen molar-refractivity contribution in [3.8, 4) is 0 Å². The molecule has 19 heavy (non-hydrogen) atoms. The second-order valence-electron chi connectivity index (χ2n) is 4.03. The van der Waals surface area contributed by atoms with Crippen LogP contribution in [0.1, 0.15) is 11.4 Å². The summed E-state index contributed by atoms with van der Waals surface area (Å²) in [6, 6.07) is 8.39. The van der Waals surface area contributed by atoms with Gasteiger partial charge in [0.2, 0.25) is 5.95 Å². The summed E-state index contributed by atoms with van der Waals surface area (Å²) < 4.78 is 0. The number of urea groups is 1. The molecule has 2 amide bonds. The average molecular weight is 277 g/mol. The molecular weight excluding hydrogens is 264 g/mol. The number of amides is 2. The summed E-state index contributed by atoms with van der Waals surface area (Å²) in [7, 11) is 0. The minimum Gasteiger partial charge on any atom is -0.306 e. The summed E-state index contributed by atoms with van der Waals surface area (Å²) in [5.74, 6) is 0.266. The van der Waals surface area contributed by atoms with Gasteiger partial charge in [0.15, 0.2) is 0 Å². The van der Waals surface area contributed by atoms with Gasteiger partial charge in [-0.3, -0.25) is 5.32 Å². The molecule has 1 aromatic heterocycles. The number of halogens is 1. The third-order valence-electron chi connectivity index (χ3n) is 2.33. The maximum Gasteiger partial charge on any atom is 0.326 e. The van der Waals surface area contributed by atoms with Crippen molar-refractivity contribution >= 4 is 29.3 Å². The number of hydrogen-bond donors (Lipinski definition) is 2. The van der Waals surface area contributed by atoms with Crippen LogP contribution in [-0.4, -0.2) is 16.0 Å². The van der Waals surface area contributed by atoms with Crippen LogP contribution in [0.5, 0.6) is 0 Å². The Bertz CT molecular complexity index is 595. The lowest BCUT2D eigenvalue weighted by Crippen LogP contribution is -2.21. The molecule has 0 spiro atoms. The molecule has 0 saturated heterocycles. The number of benzene rings is 1. The molecular formula is C13H13ClN4O. The molecule has 1 aromatic carbocycles. The van der Waals surface area contributed by atoms with E-state index in [1.165, 1.54) is 0 Å². The Balaban J connectivity index is 2.07. The number of aryl methyl sites for hydroxylation is 2. The first-order valence-electron chi connectivity index (χ1n) is 5.69. The Morgan fingerprint density at radius 1 is 1.11 bits per heavy atom. The quantitative estimate of drug-likeness (QED) is 0.883. The van der Waals surface area contributed by atoms with Crippen LogP contribution in [0.3, 0.4) is 0 Å². The highest BCUT2D eigenvalue weighted by atomic mass is 35.5. The molecule has 0 fully saturated rings. The Kier molecular flexibility index (Phi) is 3.97. The number of para-hydroxylation sites is 1. The molecule has 0 unspecified atom stereocenters. The minimum absolute atomic E-state index is 0.266. The summed E-state index contributed by atoms with van der Waals surface area (Å²) in [5, 5.41) is 5.68. The monoisotopic (exact) mass is 276 g/mol. The Labute approximate surface area is 116 Å². The van der Waals surface area contributed by atoms with Crippen molar-refractivity contribution in [2.75, 3.05) is 10.6 Å². The van der Waals surface area contributed by atoms with Crippen LogP contribution in [0.4, 0.5) is 16.4 Å². The third-order valence-corrected chi connectivity index (χ3v) is 2.66. The highest BCUT2D eigenvalue weighted by molar-refractivity contribution is 6.33. The van der Waals surface area contributed by atoms with Crippen LogP contribution in [0, 0.1) is 13.8 Å². The molecule has 0 aliphatic rings. The normalized spacial score (nSPS) is 10.1. The second-order valence-corrected chi connectivity index (χ2v) is 4.44. The predicted octanol–water partition coefficient (Wildman–Crippen LogP) is 3.39. The van der Waals surface area contributed by atoms with Gasteiger partial charge in [0.05, 0.1) is 10.7 Å². The molecule has 0 bridgehead atoms. The first-order valence-corrected chi connectivity index (χ1v) is 6.07. The summed E-state index contributed by atoms with van der Waals surface area (Å²) in [6.07, 6.45) is 0. The number of anilines is 2. The Morgan fingerprint density at radius 2 is 1.74 bits per heavy atom. The van der Waals surface area contributed by atoms with Crippen LogP contribution in [0.25, 0.3) is 0 Å². The lowest BCUT2D eigenvalue weighted by molar-refractivity contribution is 0.262. The van der Waals surface area contributed by atoms with Crippen LogP contribution in [0.15, 0.2) is 30.3 Å². The van der Waals surface area contributed by atoms with E-state index in [9.17, 15) is 4.79 Å². The molecule has 0 radical (unpaired) electrons. The zero-order chi connectivity index (χ0) is 13.8. The largest absolute Gasteiger partial charge is 0.326 e. The number of rotatable bonds is 2. The van der Waals surface area contributed by atoms with Crippen LogP contribution in [-0.2, 0) is 0 Å². The summed E-state index contributed by atoms with van der Waals surface area (Å²) >= 11 is 5.95. The lowest BCUT2D eigenvalue weighted by atomic mass is 10.3. The van der Waals surface area contributed by atoms with Crippen molar-refractivity contribution in [3.05, 3.63) is 46.7 Å². The van der Waals surface area contributed by atoms with E-state index in [1.54, 1.807) is 24.3 Å². The highest BCUT2D eigenvalue weighted by Gasteiger charge is 2.07. The van der Waals surface area contributed by atoms with E-state index in [4.69, 9.17) is 11.6 Å². The fourth-order valence-corrected chi connectivity index (χ4v) is 1.78. The molecule has 0 saturated carbocycles. The summed E-state index contributed by atoms with van der Waals surface area (Å²) in [4.78, 5) is 20.0.